The number of rotatable bonds is 3. The second-order valence-electron chi connectivity index (χ2n) is 7.36. The largest absolute Gasteiger partial charge is 0.369 e. The van der Waals surface area contributed by atoms with Crippen LogP contribution in [0.5, 0.6) is 0 Å². The molecule has 1 N–H and O–H groups in total. The zero-order valence-electron chi connectivity index (χ0n) is 15.7. The van der Waals surface area contributed by atoms with E-state index in [1.54, 1.807) is 12.1 Å². The Morgan fingerprint density at radius 1 is 1.11 bits per heavy atom. The number of carbonyl (C=O) groups is 1. The number of morpholine rings is 1. The second kappa shape index (κ2) is 7.32. The molecule has 3 rings (SSSR count). The van der Waals surface area contributed by atoms with Gasteiger partial charge in [0.2, 0.25) is 0 Å². The molecule has 144 valence electrons. The Morgan fingerprint density at radius 2 is 1.74 bits per heavy atom. The molecule has 2 aromatic carbocycles. The minimum Gasteiger partial charge on any atom is -0.369 e. The Bertz CT molecular complexity index is 909. The molecule has 1 aliphatic rings. The molecule has 0 bridgehead atoms. The summed E-state index contributed by atoms with van der Waals surface area (Å²) >= 11 is 0. The third-order valence-corrected chi connectivity index (χ3v) is 6.02. The maximum atomic E-state index is 12.8. The fourth-order valence-corrected chi connectivity index (χ4v) is 3.97. The number of sulfonamides is 1. The highest BCUT2D eigenvalue weighted by atomic mass is 32.2. The Kier molecular flexibility index (Phi) is 5.26. The molecular formula is C20H24N2O4S. The molecule has 1 aliphatic heterocycles. The van der Waals surface area contributed by atoms with Gasteiger partial charge in [-0.15, -0.1) is 0 Å². The fraction of sp³-hybridized carbons (Fsp3) is 0.350. The number of nitrogens with zero attached hydrogens (tertiary/aromatic N) is 1. The van der Waals surface area contributed by atoms with Crippen molar-refractivity contribution in [1.29, 1.82) is 0 Å². The van der Waals surface area contributed by atoms with Gasteiger partial charge >= 0.3 is 6.03 Å². The number of urea groups is 1. The van der Waals surface area contributed by atoms with Gasteiger partial charge in [0.1, 0.15) is 6.10 Å². The maximum Gasteiger partial charge on any atom is 0.331 e. The average Bonchev–Trinajstić information content (AvgIpc) is 2.62. The zero-order valence-corrected chi connectivity index (χ0v) is 16.5. The van der Waals surface area contributed by atoms with Crippen LogP contribution in [0.4, 0.5) is 4.79 Å². The zero-order chi connectivity index (χ0) is 19.7. The highest BCUT2D eigenvalue weighted by Crippen LogP contribution is 2.30. The molecule has 6 nitrogen and oxygen atoms in total. The quantitative estimate of drug-likeness (QED) is 0.876. The van der Waals surface area contributed by atoms with Crippen LogP contribution in [-0.4, -0.2) is 38.0 Å². The lowest BCUT2D eigenvalue weighted by Crippen LogP contribution is -2.59. The number of benzene rings is 2. The van der Waals surface area contributed by atoms with Crippen molar-refractivity contribution < 1.29 is 17.9 Å². The van der Waals surface area contributed by atoms with Crippen LogP contribution in [0.1, 0.15) is 31.1 Å². The van der Waals surface area contributed by atoms with Gasteiger partial charge in [0.15, 0.2) is 0 Å². The first kappa shape index (κ1) is 19.4. The molecule has 0 radical (unpaired) electrons. The summed E-state index contributed by atoms with van der Waals surface area (Å²) in [6.07, 6.45) is -0.299. The summed E-state index contributed by atoms with van der Waals surface area (Å²) in [4.78, 5) is 14.4. The number of aryl methyl sites for hydroxylation is 1. The summed E-state index contributed by atoms with van der Waals surface area (Å²) in [6.45, 7) is 6.16. The third kappa shape index (κ3) is 4.31. The summed E-state index contributed by atoms with van der Waals surface area (Å²) in [7, 11) is -3.94. The van der Waals surface area contributed by atoms with Gasteiger partial charge in [-0.2, -0.15) is 0 Å². The highest BCUT2D eigenvalue weighted by Gasteiger charge is 2.39. The molecule has 1 fully saturated rings. The molecule has 7 heteroatoms. The molecule has 0 aliphatic carbocycles. The van der Waals surface area contributed by atoms with E-state index in [4.69, 9.17) is 4.74 Å². The summed E-state index contributed by atoms with van der Waals surface area (Å²) in [5, 5.41) is 0. The molecule has 2 amide bonds. The van der Waals surface area contributed by atoms with Crippen LogP contribution >= 0.6 is 0 Å². The first-order valence-corrected chi connectivity index (χ1v) is 10.2. The minimum absolute atomic E-state index is 0.0622. The topological polar surface area (TPSA) is 75.7 Å². The highest BCUT2D eigenvalue weighted by molar-refractivity contribution is 7.90. The van der Waals surface area contributed by atoms with Crippen molar-refractivity contribution >= 4 is 16.1 Å². The van der Waals surface area contributed by atoms with Crippen LogP contribution in [0.15, 0.2) is 59.5 Å². The van der Waals surface area contributed by atoms with Gasteiger partial charge in [-0.05, 0) is 38.5 Å². The van der Waals surface area contributed by atoms with Crippen molar-refractivity contribution in [3.8, 4) is 0 Å². The molecular weight excluding hydrogens is 364 g/mol. The van der Waals surface area contributed by atoms with E-state index < -0.39 is 21.6 Å². The van der Waals surface area contributed by atoms with E-state index in [-0.39, 0.29) is 17.5 Å². The lowest BCUT2D eigenvalue weighted by molar-refractivity contribution is -0.0796. The molecule has 1 saturated heterocycles. The summed E-state index contributed by atoms with van der Waals surface area (Å²) < 4.78 is 33.2. The van der Waals surface area contributed by atoms with Crippen molar-refractivity contribution in [2.75, 3.05) is 13.2 Å². The number of hydrogen-bond donors (Lipinski definition) is 1. The Hall–Kier alpha value is -2.38. The van der Waals surface area contributed by atoms with Crippen molar-refractivity contribution in [2.45, 2.75) is 37.3 Å². The van der Waals surface area contributed by atoms with Gasteiger partial charge < -0.3 is 9.64 Å². The van der Waals surface area contributed by atoms with Gasteiger partial charge in [0, 0.05) is 0 Å². The molecule has 1 heterocycles. The average molecular weight is 388 g/mol. The van der Waals surface area contributed by atoms with E-state index in [9.17, 15) is 13.2 Å². The third-order valence-electron chi connectivity index (χ3n) is 4.69. The Morgan fingerprint density at radius 3 is 2.37 bits per heavy atom. The predicted molar refractivity (Wildman–Crippen MR) is 103 cm³/mol. The lowest BCUT2D eigenvalue weighted by Gasteiger charge is -2.45. The van der Waals surface area contributed by atoms with Crippen molar-refractivity contribution in [2.24, 2.45) is 0 Å². The molecule has 0 aromatic heterocycles. The van der Waals surface area contributed by atoms with E-state index in [0.29, 0.717) is 6.61 Å². The smallest absolute Gasteiger partial charge is 0.331 e. The van der Waals surface area contributed by atoms with Gasteiger partial charge in [0.05, 0.1) is 23.6 Å². The lowest BCUT2D eigenvalue weighted by atomic mass is 9.99. The van der Waals surface area contributed by atoms with Gasteiger partial charge in [0.25, 0.3) is 10.0 Å². The first-order chi connectivity index (χ1) is 12.7. The predicted octanol–water partition coefficient (Wildman–Crippen LogP) is 3.25. The SMILES string of the molecule is Cc1ccc(S(=O)(=O)NC(=O)N2CC(c3ccccc3)OCC2(C)C)cc1. The van der Waals surface area contributed by atoms with E-state index >= 15 is 0 Å². The molecule has 1 unspecified atom stereocenters. The van der Waals surface area contributed by atoms with Crippen LogP contribution in [0, 0.1) is 6.92 Å². The van der Waals surface area contributed by atoms with Crippen LogP contribution in [0.3, 0.4) is 0 Å². The normalized spacial score (nSPS) is 19.5. The summed E-state index contributed by atoms with van der Waals surface area (Å²) in [6, 6.07) is 15.3. The van der Waals surface area contributed by atoms with Crippen molar-refractivity contribution in [3.63, 3.8) is 0 Å². The number of hydrogen-bond acceptors (Lipinski definition) is 4. The number of nitrogens with one attached hydrogen (secondary N) is 1. The fourth-order valence-electron chi connectivity index (χ4n) is 3.02. The molecule has 0 spiro atoms. The van der Waals surface area contributed by atoms with Crippen molar-refractivity contribution in [3.05, 3.63) is 65.7 Å². The standard InChI is InChI=1S/C20H24N2O4S/c1-15-9-11-17(12-10-15)27(24,25)21-19(23)22-13-18(26-14-20(22,2)3)16-7-5-4-6-8-16/h4-12,18H,13-14H2,1-3H3,(H,21,23). The van der Waals surface area contributed by atoms with E-state index in [1.165, 1.54) is 17.0 Å². The molecule has 0 saturated carbocycles. The second-order valence-corrected chi connectivity index (χ2v) is 9.04. The summed E-state index contributed by atoms with van der Waals surface area (Å²) in [5.74, 6) is 0. The minimum atomic E-state index is -3.94. The van der Waals surface area contributed by atoms with Crippen LogP contribution < -0.4 is 4.72 Å². The van der Waals surface area contributed by atoms with Gasteiger partial charge in [-0.1, -0.05) is 48.0 Å². The van der Waals surface area contributed by atoms with E-state index in [2.05, 4.69) is 4.72 Å². The summed E-state index contributed by atoms with van der Waals surface area (Å²) in [5.41, 5.74) is 1.27. The Balaban J connectivity index is 1.79. The van der Waals surface area contributed by atoms with Crippen LogP contribution in [-0.2, 0) is 14.8 Å². The van der Waals surface area contributed by atoms with Crippen LogP contribution in [0.25, 0.3) is 0 Å². The van der Waals surface area contributed by atoms with Gasteiger partial charge in [-0.3, -0.25) is 0 Å². The van der Waals surface area contributed by atoms with E-state index in [0.717, 1.165) is 11.1 Å². The molecule has 27 heavy (non-hydrogen) atoms. The molecule has 2 aromatic rings. The monoisotopic (exact) mass is 388 g/mol. The van der Waals surface area contributed by atoms with Gasteiger partial charge in [-0.25, -0.2) is 17.9 Å². The first-order valence-electron chi connectivity index (χ1n) is 8.77. The number of ether oxygens (including phenoxy) is 1. The van der Waals surface area contributed by atoms with Crippen LogP contribution in [0.2, 0.25) is 0 Å². The molecule has 1 atom stereocenters. The Labute approximate surface area is 160 Å². The maximum absolute atomic E-state index is 12.8. The van der Waals surface area contributed by atoms with E-state index in [1.807, 2.05) is 51.1 Å². The number of carbonyl (C=O) groups excluding carboxylic acids is 1. The number of amides is 2. The van der Waals surface area contributed by atoms with Crippen molar-refractivity contribution in [1.82, 2.24) is 9.62 Å².